The Balaban J connectivity index is 1.39. The van der Waals surface area contributed by atoms with Gasteiger partial charge in [-0.2, -0.15) is 0 Å². The molecule has 1 aliphatic rings. The van der Waals surface area contributed by atoms with Crippen LogP contribution in [0.15, 0.2) is 53.7 Å². The van der Waals surface area contributed by atoms with Crippen LogP contribution >= 0.6 is 0 Å². The Bertz CT molecular complexity index is 1500. The summed E-state index contributed by atoms with van der Waals surface area (Å²) in [6.45, 7) is 8.01. The average Bonchev–Trinajstić information content (AvgIpc) is 3.23. The lowest BCUT2D eigenvalue weighted by Crippen LogP contribution is -2.36. The molecule has 0 spiro atoms. The van der Waals surface area contributed by atoms with Crippen LogP contribution in [0.3, 0.4) is 0 Å². The first-order valence-electron chi connectivity index (χ1n) is 13.0. The number of aromatic nitrogens is 4. The van der Waals surface area contributed by atoms with Gasteiger partial charge in [-0.25, -0.2) is 9.97 Å². The molecule has 5 rings (SSSR count). The molecule has 1 aliphatic heterocycles. The van der Waals surface area contributed by atoms with Gasteiger partial charge in [0.1, 0.15) is 17.9 Å². The van der Waals surface area contributed by atoms with E-state index in [2.05, 4.69) is 42.7 Å². The molecule has 198 valence electrons. The van der Waals surface area contributed by atoms with Crippen molar-refractivity contribution in [2.75, 3.05) is 25.1 Å². The number of carbonyl (C=O) groups excluding carboxylic acids is 1. The van der Waals surface area contributed by atoms with Gasteiger partial charge < -0.3 is 24.5 Å². The van der Waals surface area contributed by atoms with Crippen LogP contribution in [0.1, 0.15) is 53.1 Å². The van der Waals surface area contributed by atoms with E-state index in [1.807, 2.05) is 31.2 Å². The quantitative estimate of drug-likeness (QED) is 0.384. The lowest BCUT2D eigenvalue weighted by Gasteiger charge is -2.36. The Labute approximate surface area is 221 Å². The first kappa shape index (κ1) is 25.5. The largest absolute Gasteiger partial charge is 0.496 e. The highest BCUT2D eigenvalue weighted by Gasteiger charge is 2.29. The van der Waals surface area contributed by atoms with Gasteiger partial charge in [0.2, 0.25) is 0 Å². The topological polar surface area (TPSA) is 105 Å². The van der Waals surface area contributed by atoms with Crippen LogP contribution in [-0.2, 0) is 6.54 Å². The van der Waals surface area contributed by atoms with Crippen molar-refractivity contribution in [1.82, 2.24) is 24.8 Å². The second kappa shape index (κ2) is 10.7. The zero-order valence-electron chi connectivity index (χ0n) is 22.3. The van der Waals surface area contributed by atoms with Crippen LogP contribution in [0.25, 0.3) is 10.9 Å². The van der Waals surface area contributed by atoms with Crippen molar-refractivity contribution in [2.24, 2.45) is 5.92 Å². The number of nitrogens with zero attached hydrogens (tertiary/aromatic N) is 4. The van der Waals surface area contributed by atoms with Crippen LogP contribution in [0.4, 0.5) is 5.82 Å². The van der Waals surface area contributed by atoms with E-state index in [1.165, 1.54) is 7.11 Å². The molecule has 9 nitrogen and oxygen atoms in total. The molecule has 1 fully saturated rings. The number of piperidine rings is 1. The summed E-state index contributed by atoms with van der Waals surface area (Å²) >= 11 is 0. The van der Waals surface area contributed by atoms with Crippen molar-refractivity contribution in [3.63, 3.8) is 0 Å². The van der Waals surface area contributed by atoms with E-state index in [1.54, 1.807) is 25.5 Å². The van der Waals surface area contributed by atoms with E-state index in [0.717, 1.165) is 48.3 Å². The molecule has 0 saturated carbocycles. The van der Waals surface area contributed by atoms with Crippen LogP contribution in [0.2, 0.25) is 0 Å². The molecule has 0 bridgehead atoms. The highest BCUT2D eigenvalue weighted by Crippen LogP contribution is 2.36. The molecule has 1 atom stereocenters. The number of fused-ring (bicyclic) bond motifs is 1. The fraction of sp³-hybridized carbons (Fsp3) is 0.379. The number of rotatable bonds is 7. The summed E-state index contributed by atoms with van der Waals surface area (Å²) in [5, 5.41) is 3.88. The fourth-order valence-corrected chi connectivity index (χ4v) is 5.79. The molecule has 4 aromatic rings. The lowest BCUT2D eigenvalue weighted by molar-refractivity contribution is 0.0951. The summed E-state index contributed by atoms with van der Waals surface area (Å²) in [7, 11) is 1.52. The van der Waals surface area contributed by atoms with Crippen molar-refractivity contribution in [3.8, 4) is 5.75 Å². The number of hydrogen-bond donors (Lipinski definition) is 2. The fourth-order valence-electron chi connectivity index (χ4n) is 5.79. The molecular weight excluding hydrogens is 480 g/mol. The van der Waals surface area contributed by atoms with E-state index >= 15 is 0 Å². The molecule has 4 heterocycles. The third-order valence-electron chi connectivity index (χ3n) is 7.78. The minimum Gasteiger partial charge on any atom is -0.496 e. The predicted octanol–water partition coefficient (Wildman–Crippen LogP) is 4.15. The van der Waals surface area contributed by atoms with Gasteiger partial charge in [0.15, 0.2) is 0 Å². The summed E-state index contributed by atoms with van der Waals surface area (Å²) in [6.07, 6.45) is 5.45. The van der Waals surface area contributed by atoms with Gasteiger partial charge in [-0.3, -0.25) is 9.59 Å². The number of hydrogen-bond acceptors (Lipinski definition) is 6. The molecule has 0 aliphatic carbocycles. The molecule has 1 saturated heterocycles. The van der Waals surface area contributed by atoms with Gasteiger partial charge in [-0.15, -0.1) is 0 Å². The summed E-state index contributed by atoms with van der Waals surface area (Å²) < 4.78 is 7.71. The molecule has 2 N–H and O–H groups in total. The number of para-hydroxylation sites is 1. The Morgan fingerprint density at radius 3 is 2.68 bits per heavy atom. The molecule has 0 radical (unpaired) electrons. The van der Waals surface area contributed by atoms with Crippen molar-refractivity contribution in [3.05, 3.63) is 81.8 Å². The molecule has 1 amide bonds. The minimum atomic E-state index is -0.261. The number of amides is 1. The molecule has 0 unspecified atom stereocenters. The molecular formula is C29H34N6O3. The maximum atomic E-state index is 13.5. The molecule has 3 aromatic heterocycles. The number of ether oxygens (including phenoxy) is 1. The number of aryl methyl sites for hydroxylation is 1. The average molecular weight is 515 g/mol. The number of H-pyrrole nitrogens is 1. The van der Waals surface area contributed by atoms with Gasteiger partial charge in [0.05, 0.1) is 24.8 Å². The summed E-state index contributed by atoms with van der Waals surface area (Å²) in [5.41, 5.74) is 3.47. The Morgan fingerprint density at radius 1 is 1.21 bits per heavy atom. The number of aromatic amines is 1. The van der Waals surface area contributed by atoms with E-state index < -0.39 is 0 Å². The number of benzene rings is 1. The first-order valence-corrected chi connectivity index (χ1v) is 13.0. The van der Waals surface area contributed by atoms with E-state index in [-0.39, 0.29) is 24.1 Å². The van der Waals surface area contributed by atoms with E-state index in [0.29, 0.717) is 28.5 Å². The van der Waals surface area contributed by atoms with E-state index in [9.17, 15) is 9.59 Å². The normalized spacial score (nSPS) is 15.0. The van der Waals surface area contributed by atoms with Gasteiger partial charge >= 0.3 is 0 Å². The Hall–Kier alpha value is -4.14. The number of pyridine rings is 1. The Kier molecular flexibility index (Phi) is 7.18. The third kappa shape index (κ3) is 4.76. The van der Waals surface area contributed by atoms with Crippen LogP contribution < -0.4 is 20.5 Å². The van der Waals surface area contributed by atoms with Crippen LogP contribution in [0.5, 0.6) is 5.75 Å². The SMILES string of the molecule is COc1cc(C)[nH]c(=O)c1CNC(=O)c1c(C)n([C@H](C)C2CCN(c3ccncn3)CC2)c2ccccc12. The van der Waals surface area contributed by atoms with Crippen molar-refractivity contribution in [1.29, 1.82) is 0 Å². The summed E-state index contributed by atoms with van der Waals surface area (Å²) in [5.74, 6) is 1.70. The minimum absolute atomic E-state index is 0.0770. The van der Waals surface area contributed by atoms with Crippen molar-refractivity contribution in [2.45, 2.75) is 46.2 Å². The predicted molar refractivity (Wildman–Crippen MR) is 148 cm³/mol. The number of anilines is 1. The highest BCUT2D eigenvalue weighted by molar-refractivity contribution is 6.08. The lowest BCUT2D eigenvalue weighted by atomic mass is 9.90. The van der Waals surface area contributed by atoms with Gasteiger partial charge in [0.25, 0.3) is 11.5 Å². The Morgan fingerprint density at radius 2 is 1.97 bits per heavy atom. The van der Waals surface area contributed by atoms with Crippen LogP contribution in [-0.4, -0.2) is 45.6 Å². The maximum absolute atomic E-state index is 13.5. The smallest absolute Gasteiger partial charge is 0.256 e. The second-order valence-electron chi connectivity index (χ2n) is 9.99. The van der Waals surface area contributed by atoms with Gasteiger partial charge in [0, 0.05) is 47.6 Å². The maximum Gasteiger partial charge on any atom is 0.256 e. The van der Waals surface area contributed by atoms with Crippen molar-refractivity contribution >= 4 is 22.6 Å². The first-order chi connectivity index (χ1) is 18.4. The molecule has 38 heavy (non-hydrogen) atoms. The number of methoxy groups -OCH3 is 1. The highest BCUT2D eigenvalue weighted by atomic mass is 16.5. The second-order valence-corrected chi connectivity index (χ2v) is 9.99. The number of nitrogens with one attached hydrogen (secondary N) is 2. The molecule has 9 heteroatoms. The molecule has 1 aromatic carbocycles. The number of carbonyl (C=O) groups is 1. The van der Waals surface area contributed by atoms with Crippen LogP contribution in [0, 0.1) is 19.8 Å². The van der Waals surface area contributed by atoms with Gasteiger partial charge in [-0.1, -0.05) is 18.2 Å². The summed E-state index contributed by atoms with van der Waals surface area (Å²) in [6, 6.07) is 12.0. The zero-order valence-corrected chi connectivity index (χ0v) is 22.3. The van der Waals surface area contributed by atoms with Crippen molar-refractivity contribution < 1.29 is 9.53 Å². The third-order valence-corrected chi connectivity index (χ3v) is 7.78. The summed E-state index contributed by atoms with van der Waals surface area (Å²) in [4.78, 5) is 39.6. The monoisotopic (exact) mass is 514 g/mol. The zero-order chi connectivity index (χ0) is 26.8. The van der Waals surface area contributed by atoms with Gasteiger partial charge in [-0.05, 0) is 57.7 Å². The van der Waals surface area contributed by atoms with E-state index in [4.69, 9.17) is 4.74 Å². The standard InChI is InChI=1S/C29H34N6O3/c1-18-15-25(38-4)23(28(36)33-18)16-31-29(37)27-20(3)35(24-8-6-5-7-22(24)27)19(2)21-10-13-34(14-11-21)26-9-12-30-17-32-26/h5-9,12,15,17,19,21H,10-11,13-14,16H2,1-4H3,(H,31,37)(H,33,36)/t19-/m1/s1.